The van der Waals surface area contributed by atoms with Crippen LogP contribution < -0.4 is 0 Å². The third kappa shape index (κ3) is 3.41. The number of rotatable bonds is 3. The fourth-order valence-electron chi connectivity index (χ4n) is 2.22. The number of likely N-dealkylation sites (tertiary alicyclic amines) is 1. The van der Waals surface area contributed by atoms with Gasteiger partial charge in [0.2, 0.25) is 0 Å². The smallest absolute Gasteiger partial charge is 0.129 e. The molecule has 4 heteroatoms. The van der Waals surface area contributed by atoms with Crippen LogP contribution in [0.1, 0.15) is 18.4 Å². The summed E-state index contributed by atoms with van der Waals surface area (Å²) in [5, 5.41) is 18.3. The number of hydrogen-bond acceptors (Lipinski definition) is 3. The van der Waals surface area contributed by atoms with Crippen molar-refractivity contribution in [2.45, 2.75) is 12.8 Å². The van der Waals surface area contributed by atoms with E-state index in [4.69, 9.17) is 22.1 Å². The monoisotopic (exact) mass is 283 g/mol. The Kier molecular flexibility index (Phi) is 4.82. The summed E-state index contributed by atoms with van der Waals surface area (Å²) < 4.78 is 0. The van der Waals surface area contributed by atoms with Crippen LogP contribution in [-0.2, 0) is 0 Å². The minimum absolute atomic E-state index is 0.107. The first-order valence-electron chi connectivity index (χ1n) is 6.47. The maximum absolute atomic E-state index is 8.81. The summed E-state index contributed by atoms with van der Waals surface area (Å²) >= 11 is 5.92. The summed E-state index contributed by atoms with van der Waals surface area (Å²) in [6.07, 6.45) is 5.74. The Morgan fingerprint density at radius 2 is 1.65 bits per heavy atom. The number of allylic oxidation sites excluding steroid dienone is 3. The topological polar surface area (TPSA) is 50.8 Å². The van der Waals surface area contributed by atoms with Crippen LogP contribution in [0.5, 0.6) is 0 Å². The van der Waals surface area contributed by atoms with Crippen LogP contribution in [0.2, 0.25) is 5.02 Å². The van der Waals surface area contributed by atoms with E-state index in [9.17, 15) is 0 Å². The molecule has 1 aromatic carbocycles. The number of halogens is 1. The van der Waals surface area contributed by atoms with Crippen LogP contribution in [-0.4, -0.2) is 18.0 Å². The molecule has 100 valence electrons. The predicted molar refractivity (Wildman–Crippen MR) is 79.5 cm³/mol. The van der Waals surface area contributed by atoms with Crippen LogP contribution in [0.25, 0.3) is 5.70 Å². The fraction of sp³-hybridized carbons (Fsp3) is 0.250. The van der Waals surface area contributed by atoms with Crippen molar-refractivity contribution in [1.82, 2.24) is 4.90 Å². The molecule has 0 aromatic heterocycles. The minimum atomic E-state index is 0.107. The van der Waals surface area contributed by atoms with Crippen LogP contribution >= 0.6 is 11.6 Å². The van der Waals surface area contributed by atoms with Crippen molar-refractivity contribution in [3.05, 3.63) is 52.6 Å². The second-order valence-electron chi connectivity index (χ2n) is 4.56. The second-order valence-corrected chi connectivity index (χ2v) is 4.99. The van der Waals surface area contributed by atoms with Gasteiger partial charge in [0.1, 0.15) is 17.7 Å². The van der Waals surface area contributed by atoms with Gasteiger partial charge in [-0.05, 0) is 42.7 Å². The molecule has 3 nitrogen and oxygen atoms in total. The lowest BCUT2D eigenvalue weighted by Gasteiger charge is -2.21. The van der Waals surface area contributed by atoms with Gasteiger partial charge in [-0.1, -0.05) is 23.7 Å². The van der Waals surface area contributed by atoms with Crippen molar-refractivity contribution in [3.8, 4) is 12.1 Å². The highest BCUT2D eigenvalue weighted by molar-refractivity contribution is 6.30. The first kappa shape index (κ1) is 14.2. The molecule has 0 spiro atoms. The van der Waals surface area contributed by atoms with Crippen molar-refractivity contribution in [1.29, 1.82) is 10.5 Å². The van der Waals surface area contributed by atoms with Crippen molar-refractivity contribution in [2.24, 2.45) is 0 Å². The largest absolute Gasteiger partial charge is 0.371 e. The summed E-state index contributed by atoms with van der Waals surface area (Å²) in [4.78, 5) is 2.27. The van der Waals surface area contributed by atoms with Crippen LogP contribution in [0.4, 0.5) is 0 Å². The summed E-state index contributed by atoms with van der Waals surface area (Å²) in [6.45, 7) is 1.99. The lowest BCUT2D eigenvalue weighted by atomic mass is 10.1. The second kappa shape index (κ2) is 6.80. The summed E-state index contributed by atoms with van der Waals surface area (Å²) in [5.74, 6) is 0. The third-order valence-corrected chi connectivity index (χ3v) is 3.49. The molecular weight excluding hydrogens is 270 g/mol. The van der Waals surface area contributed by atoms with Crippen molar-refractivity contribution >= 4 is 17.3 Å². The summed E-state index contributed by atoms with van der Waals surface area (Å²) in [6, 6.07) is 11.4. The summed E-state index contributed by atoms with van der Waals surface area (Å²) in [5.41, 5.74) is 2.18. The highest BCUT2D eigenvalue weighted by atomic mass is 35.5. The molecule has 0 amide bonds. The molecule has 20 heavy (non-hydrogen) atoms. The number of nitriles is 2. The van der Waals surface area contributed by atoms with Gasteiger partial charge in [0.15, 0.2) is 0 Å². The SMILES string of the molecule is N#CC(C#N)=C/C=C(/c1ccc(Cl)cc1)N1CCCC1. The predicted octanol–water partition coefficient (Wildman–Crippen LogP) is 3.75. The zero-order valence-electron chi connectivity index (χ0n) is 11.0. The molecule has 1 saturated heterocycles. The van der Waals surface area contributed by atoms with Crippen molar-refractivity contribution in [3.63, 3.8) is 0 Å². The van der Waals surface area contributed by atoms with Gasteiger partial charge in [-0.2, -0.15) is 10.5 Å². The zero-order valence-corrected chi connectivity index (χ0v) is 11.8. The Morgan fingerprint density at radius 1 is 1.05 bits per heavy atom. The van der Waals surface area contributed by atoms with Crippen LogP contribution in [0.3, 0.4) is 0 Å². The molecule has 0 saturated carbocycles. The van der Waals surface area contributed by atoms with Gasteiger partial charge in [0, 0.05) is 23.8 Å². The van der Waals surface area contributed by atoms with E-state index in [1.54, 1.807) is 6.08 Å². The Hall–Kier alpha value is -2.23. The maximum atomic E-state index is 8.81. The molecule has 1 aromatic rings. The normalized spacial score (nSPS) is 14.6. The fourth-order valence-corrected chi connectivity index (χ4v) is 2.35. The molecule has 2 rings (SSSR count). The first-order chi connectivity index (χ1) is 9.74. The Bertz CT molecular complexity index is 593. The molecule has 1 heterocycles. The molecular formula is C16H14ClN3. The van der Waals surface area contributed by atoms with Gasteiger partial charge in [0.05, 0.1) is 0 Å². The highest BCUT2D eigenvalue weighted by Crippen LogP contribution is 2.25. The Balaban J connectivity index is 2.37. The van der Waals surface area contributed by atoms with E-state index < -0.39 is 0 Å². The lowest BCUT2D eigenvalue weighted by Crippen LogP contribution is -2.17. The van der Waals surface area contributed by atoms with E-state index in [1.807, 2.05) is 42.5 Å². The Labute approximate surface area is 124 Å². The molecule has 1 aliphatic heterocycles. The average molecular weight is 284 g/mol. The number of benzene rings is 1. The van der Waals surface area contributed by atoms with E-state index in [0.717, 1.165) is 37.2 Å². The quantitative estimate of drug-likeness (QED) is 0.627. The molecule has 0 aliphatic carbocycles. The molecule has 1 aliphatic rings. The lowest BCUT2D eigenvalue weighted by molar-refractivity contribution is 0.493. The molecule has 0 unspecified atom stereocenters. The standard InChI is InChI=1S/C16H14ClN3/c17-15-6-4-14(5-7-15)16(20-9-1-2-10-20)8-3-13(11-18)12-19/h3-8H,1-2,9-10H2/b16-8-. The van der Waals surface area contributed by atoms with Crippen molar-refractivity contribution < 1.29 is 0 Å². The van der Waals surface area contributed by atoms with Gasteiger partial charge in [-0.15, -0.1) is 0 Å². The van der Waals surface area contributed by atoms with E-state index in [2.05, 4.69) is 4.90 Å². The van der Waals surface area contributed by atoms with Crippen LogP contribution in [0, 0.1) is 22.7 Å². The van der Waals surface area contributed by atoms with Gasteiger partial charge < -0.3 is 4.90 Å². The van der Waals surface area contributed by atoms with E-state index in [-0.39, 0.29) is 5.57 Å². The molecule has 1 fully saturated rings. The van der Waals surface area contributed by atoms with E-state index in [0.29, 0.717) is 5.02 Å². The molecule has 0 N–H and O–H groups in total. The zero-order chi connectivity index (χ0) is 14.4. The summed E-state index contributed by atoms with van der Waals surface area (Å²) in [7, 11) is 0. The van der Waals surface area contributed by atoms with Crippen molar-refractivity contribution in [2.75, 3.05) is 13.1 Å². The Morgan fingerprint density at radius 3 is 2.20 bits per heavy atom. The number of hydrogen-bond donors (Lipinski definition) is 0. The van der Waals surface area contributed by atoms with Gasteiger partial charge in [0.25, 0.3) is 0 Å². The van der Waals surface area contributed by atoms with Gasteiger partial charge in [-0.25, -0.2) is 0 Å². The first-order valence-corrected chi connectivity index (χ1v) is 6.85. The maximum Gasteiger partial charge on any atom is 0.129 e. The van der Waals surface area contributed by atoms with Gasteiger partial charge >= 0.3 is 0 Å². The molecule has 0 atom stereocenters. The minimum Gasteiger partial charge on any atom is -0.371 e. The van der Waals surface area contributed by atoms with E-state index >= 15 is 0 Å². The average Bonchev–Trinajstić information content (AvgIpc) is 2.99. The van der Waals surface area contributed by atoms with E-state index in [1.165, 1.54) is 0 Å². The molecule has 0 radical (unpaired) electrons. The molecule has 0 bridgehead atoms. The highest BCUT2D eigenvalue weighted by Gasteiger charge is 2.15. The number of nitrogens with zero attached hydrogens (tertiary/aromatic N) is 3. The third-order valence-electron chi connectivity index (χ3n) is 3.24. The van der Waals surface area contributed by atoms with Crippen LogP contribution in [0.15, 0.2) is 42.0 Å². The van der Waals surface area contributed by atoms with Gasteiger partial charge in [-0.3, -0.25) is 0 Å².